The van der Waals surface area contributed by atoms with E-state index in [4.69, 9.17) is 4.74 Å². The van der Waals surface area contributed by atoms with Crippen LogP contribution in [0.2, 0.25) is 0 Å². The Hall–Kier alpha value is -0.610. The zero-order valence-corrected chi connectivity index (χ0v) is 24.2. The zero-order chi connectivity index (χ0) is 25.8. The molecule has 0 aliphatic heterocycles. The third-order valence-corrected chi connectivity index (χ3v) is 7.16. The van der Waals surface area contributed by atoms with Crippen LogP contribution in [0, 0.1) is 0 Å². The van der Waals surface area contributed by atoms with Crippen molar-refractivity contribution < 1.29 is 14.6 Å². The second-order valence-corrected chi connectivity index (χ2v) is 10.7. The van der Waals surface area contributed by atoms with Crippen molar-refractivity contribution in [1.82, 2.24) is 4.90 Å². The first-order valence-electron chi connectivity index (χ1n) is 15.7. The first-order chi connectivity index (χ1) is 17.2. The molecule has 0 saturated carbocycles. The number of rotatable bonds is 28. The Labute approximate surface area is 220 Å². The Morgan fingerprint density at radius 2 is 1.03 bits per heavy atom. The van der Waals surface area contributed by atoms with Gasteiger partial charge in [-0.15, -0.1) is 0 Å². The number of ether oxygens (including phenoxy) is 1. The van der Waals surface area contributed by atoms with Crippen LogP contribution in [0.1, 0.15) is 162 Å². The lowest BCUT2D eigenvalue weighted by Crippen LogP contribution is -2.29. The number of esters is 1. The molecule has 0 aromatic heterocycles. The fraction of sp³-hybridized carbons (Fsp3) is 0.968. The van der Waals surface area contributed by atoms with Crippen LogP contribution in [-0.2, 0) is 9.53 Å². The third-order valence-electron chi connectivity index (χ3n) is 7.16. The Morgan fingerprint density at radius 1 is 0.600 bits per heavy atom. The van der Waals surface area contributed by atoms with Gasteiger partial charge in [-0.05, 0) is 58.0 Å². The highest BCUT2D eigenvalue weighted by atomic mass is 16.5. The van der Waals surface area contributed by atoms with Crippen LogP contribution in [0.15, 0.2) is 0 Å². The number of carbonyl (C=O) groups is 1. The summed E-state index contributed by atoms with van der Waals surface area (Å²) in [4.78, 5) is 14.9. The minimum Gasteiger partial charge on any atom is -0.462 e. The van der Waals surface area contributed by atoms with Crippen molar-refractivity contribution in [1.29, 1.82) is 0 Å². The van der Waals surface area contributed by atoms with Crippen LogP contribution in [0.3, 0.4) is 0 Å². The maximum atomic E-state index is 12.5. The molecule has 0 aliphatic rings. The molecule has 0 spiro atoms. The molecule has 35 heavy (non-hydrogen) atoms. The number of hydrogen-bond donors (Lipinski definition) is 1. The normalized spacial score (nSPS) is 11.6. The van der Waals surface area contributed by atoms with E-state index in [0.29, 0.717) is 6.42 Å². The molecule has 4 heteroatoms. The molecular formula is C31H63NO3. The quantitative estimate of drug-likeness (QED) is 0.0866. The van der Waals surface area contributed by atoms with E-state index in [1.165, 1.54) is 103 Å². The van der Waals surface area contributed by atoms with Crippen LogP contribution in [0.5, 0.6) is 0 Å². The molecule has 0 aromatic rings. The largest absolute Gasteiger partial charge is 0.462 e. The summed E-state index contributed by atoms with van der Waals surface area (Å²) >= 11 is 0. The van der Waals surface area contributed by atoms with Gasteiger partial charge in [0.15, 0.2) is 0 Å². The molecule has 0 fully saturated rings. The van der Waals surface area contributed by atoms with E-state index in [0.717, 1.165) is 51.7 Å². The number of carbonyl (C=O) groups excluding carboxylic acids is 1. The predicted octanol–water partition coefficient (Wildman–Crippen LogP) is 8.83. The van der Waals surface area contributed by atoms with E-state index in [-0.39, 0.29) is 18.7 Å². The maximum Gasteiger partial charge on any atom is 0.306 e. The highest BCUT2D eigenvalue weighted by molar-refractivity contribution is 5.69. The lowest BCUT2D eigenvalue weighted by molar-refractivity contribution is -0.150. The second-order valence-electron chi connectivity index (χ2n) is 10.7. The van der Waals surface area contributed by atoms with Crippen LogP contribution >= 0.6 is 0 Å². The van der Waals surface area contributed by atoms with Gasteiger partial charge >= 0.3 is 5.97 Å². The van der Waals surface area contributed by atoms with Crippen LogP contribution in [-0.4, -0.2) is 48.3 Å². The van der Waals surface area contributed by atoms with Gasteiger partial charge in [-0.2, -0.15) is 0 Å². The van der Waals surface area contributed by atoms with E-state index in [1.54, 1.807) is 0 Å². The molecule has 0 amide bonds. The van der Waals surface area contributed by atoms with Gasteiger partial charge in [-0.3, -0.25) is 4.79 Å². The molecule has 0 aromatic carbocycles. The standard InChI is InChI=1S/C31H63NO3/c1-4-7-10-13-15-18-23-30(24-19-16-14-11-8-5-2)35-31(34)25-20-17-22-27-32(28-29-33)26-21-12-9-6-3/h30,33H,4-29H2,1-3H3. The van der Waals surface area contributed by atoms with Crippen molar-refractivity contribution in [3.63, 3.8) is 0 Å². The fourth-order valence-corrected chi connectivity index (χ4v) is 4.83. The minimum absolute atomic E-state index is 0.0127. The first-order valence-corrected chi connectivity index (χ1v) is 15.7. The molecule has 0 bridgehead atoms. The molecular weight excluding hydrogens is 434 g/mol. The van der Waals surface area contributed by atoms with Gasteiger partial charge < -0.3 is 14.7 Å². The van der Waals surface area contributed by atoms with Crippen molar-refractivity contribution in [2.45, 2.75) is 168 Å². The molecule has 0 saturated heterocycles. The van der Waals surface area contributed by atoms with Crippen LogP contribution in [0.25, 0.3) is 0 Å². The molecule has 0 rings (SSSR count). The van der Waals surface area contributed by atoms with Gasteiger partial charge in [0.2, 0.25) is 0 Å². The van der Waals surface area contributed by atoms with Crippen LogP contribution < -0.4 is 0 Å². The molecule has 0 aliphatic carbocycles. The van der Waals surface area contributed by atoms with E-state index in [2.05, 4.69) is 25.7 Å². The van der Waals surface area contributed by atoms with Crippen molar-refractivity contribution in [3.05, 3.63) is 0 Å². The lowest BCUT2D eigenvalue weighted by Gasteiger charge is -2.21. The molecule has 0 heterocycles. The molecule has 0 unspecified atom stereocenters. The monoisotopic (exact) mass is 497 g/mol. The zero-order valence-electron chi connectivity index (χ0n) is 24.2. The molecule has 4 nitrogen and oxygen atoms in total. The average molecular weight is 498 g/mol. The average Bonchev–Trinajstić information content (AvgIpc) is 2.85. The Bertz CT molecular complexity index is 413. The van der Waals surface area contributed by atoms with Gasteiger partial charge in [-0.1, -0.05) is 111 Å². The van der Waals surface area contributed by atoms with Crippen molar-refractivity contribution >= 4 is 5.97 Å². The van der Waals surface area contributed by atoms with E-state index >= 15 is 0 Å². The first kappa shape index (κ1) is 34.4. The highest BCUT2D eigenvalue weighted by Crippen LogP contribution is 2.18. The van der Waals surface area contributed by atoms with Crippen molar-refractivity contribution in [2.24, 2.45) is 0 Å². The number of unbranched alkanes of at least 4 members (excludes halogenated alkanes) is 15. The van der Waals surface area contributed by atoms with Gasteiger partial charge in [-0.25, -0.2) is 0 Å². The summed E-state index contributed by atoms with van der Waals surface area (Å²) in [6, 6.07) is 0. The van der Waals surface area contributed by atoms with Gasteiger partial charge in [0.25, 0.3) is 0 Å². The summed E-state index contributed by atoms with van der Waals surface area (Å²) in [5.74, 6) is 0.0127. The SMILES string of the molecule is CCCCCCCCC(CCCCCCCC)OC(=O)CCCCCN(CCO)CCCCCC. The van der Waals surface area contributed by atoms with E-state index in [9.17, 15) is 9.90 Å². The van der Waals surface area contributed by atoms with E-state index < -0.39 is 0 Å². The Morgan fingerprint density at radius 3 is 1.51 bits per heavy atom. The topological polar surface area (TPSA) is 49.8 Å². The lowest BCUT2D eigenvalue weighted by atomic mass is 10.0. The molecule has 210 valence electrons. The summed E-state index contributed by atoms with van der Waals surface area (Å²) < 4.78 is 5.97. The Balaban J connectivity index is 4.15. The summed E-state index contributed by atoms with van der Waals surface area (Å²) in [5.41, 5.74) is 0. The van der Waals surface area contributed by atoms with Gasteiger partial charge in [0.05, 0.1) is 6.61 Å². The fourth-order valence-electron chi connectivity index (χ4n) is 4.83. The summed E-state index contributed by atoms with van der Waals surface area (Å²) in [6.45, 7) is 9.88. The molecule has 1 N–H and O–H groups in total. The molecule has 0 radical (unpaired) electrons. The smallest absolute Gasteiger partial charge is 0.306 e. The highest BCUT2D eigenvalue weighted by Gasteiger charge is 2.14. The second kappa shape index (κ2) is 28.0. The van der Waals surface area contributed by atoms with Gasteiger partial charge in [0.1, 0.15) is 6.10 Å². The van der Waals surface area contributed by atoms with Gasteiger partial charge in [0, 0.05) is 13.0 Å². The number of hydrogen-bond acceptors (Lipinski definition) is 4. The van der Waals surface area contributed by atoms with Crippen molar-refractivity contribution in [3.8, 4) is 0 Å². The number of aliphatic hydroxyl groups is 1. The Kier molecular flexibility index (Phi) is 27.5. The maximum absolute atomic E-state index is 12.5. The van der Waals surface area contributed by atoms with Crippen LogP contribution in [0.4, 0.5) is 0 Å². The number of nitrogens with zero attached hydrogens (tertiary/aromatic N) is 1. The predicted molar refractivity (Wildman–Crippen MR) is 152 cm³/mol. The summed E-state index contributed by atoms with van der Waals surface area (Å²) in [7, 11) is 0. The number of aliphatic hydroxyl groups excluding tert-OH is 1. The minimum atomic E-state index is 0.0127. The summed E-state index contributed by atoms with van der Waals surface area (Å²) in [6.07, 6.45) is 26.4. The summed E-state index contributed by atoms with van der Waals surface area (Å²) in [5, 5.41) is 9.33. The van der Waals surface area contributed by atoms with Crippen molar-refractivity contribution in [2.75, 3.05) is 26.2 Å². The molecule has 0 atom stereocenters. The third kappa shape index (κ3) is 24.8. The van der Waals surface area contributed by atoms with E-state index in [1.807, 2.05) is 0 Å².